The molecule has 2 aromatic carbocycles. The fraction of sp³-hybridized carbons (Fsp3) is 0.222. The molecule has 0 aromatic heterocycles. The van der Waals surface area contributed by atoms with Gasteiger partial charge in [-0.25, -0.2) is 13.2 Å². The summed E-state index contributed by atoms with van der Waals surface area (Å²) < 4.78 is 65.6. The number of hydrogen-bond donors (Lipinski definition) is 1. The average molecular weight is 415 g/mol. The summed E-state index contributed by atoms with van der Waals surface area (Å²) in [7, 11) is -3.53. The van der Waals surface area contributed by atoms with Crippen molar-refractivity contribution < 1.29 is 35.9 Å². The highest BCUT2D eigenvalue weighted by atomic mass is 32.2. The fourth-order valence-electron chi connectivity index (χ4n) is 2.20. The van der Waals surface area contributed by atoms with Gasteiger partial charge < -0.3 is 10.1 Å². The number of halogens is 3. The van der Waals surface area contributed by atoms with E-state index in [1.54, 1.807) is 6.92 Å². The highest BCUT2D eigenvalue weighted by Gasteiger charge is 2.30. The normalized spacial score (nSPS) is 11.8. The van der Waals surface area contributed by atoms with Gasteiger partial charge in [-0.1, -0.05) is 6.07 Å². The number of hydrogen-bond acceptors (Lipinski definition) is 5. The summed E-state index contributed by atoms with van der Waals surface area (Å²) in [5.41, 5.74) is -0.312. The molecule has 0 aliphatic carbocycles. The van der Waals surface area contributed by atoms with Crippen molar-refractivity contribution in [3.63, 3.8) is 0 Å². The van der Waals surface area contributed by atoms with Crippen molar-refractivity contribution in [3.8, 4) is 0 Å². The Kier molecular flexibility index (Phi) is 6.13. The van der Waals surface area contributed by atoms with E-state index < -0.39 is 40.1 Å². The van der Waals surface area contributed by atoms with Crippen LogP contribution in [0.25, 0.3) is 0 Å². The zero-order valence-electron chi connectivity index (χ0n) is 14.8. The molecule has 150 valence electrons. The minimum absolute atomic E-state index is 0.00902. The van der Waals surface area contributed by atoms with Crippen LogP contribution in [0.5, 0.6) is 0 Å². The summed E-state index contributed by atoms with van der Waals surface area (Å²) in [5, 5.41) is 2.30. The molecule has 0 fully saturated rings. The van der Waals surface area contributed by atoms with Crippen LogP contribution >= 0.6 is 0 Å². The van der Waals surface area contributed by atoms with E-state index in [2.05, 4.69) is 5.32 Å². The molecule has 6 nitrogen and oxygen atoms in total. The Bertz CT molecular complexity index is 999. The standard InChI is InChI=1S/C18H16F3NO5S/c1-11-3-8-14(28(2,25)26)9-15(11)17(24)27-10-16(23)22-13-6-4-12(5-7-13)18(19,20)21/h3-9H,10H2,1-2H3,(H,22,23). The van der Waals surface area contributed by atoms with Gasteiger partial charge in [-0.05, 0) is 48.9 Å². The smallest absolute Gasteiger partial charge is 0.416 e. The van der Waals surface area contributed by atoms with E-state index >= 15 is 0 Å². The van der Waals surface area contributed by atoms with Crippen LogP contribution in [-0.2, 0) is 25.5 Å². The van der Waals surface area contributed by atoms with E-state index in [-0.39, 0.29) is 16.1 Å². The Morgan fingerprint density at radius 2 is 1.68 bits per heavy atom. The van der Waals surface area contributed by atoms with Crippen molar-refractivity contribution in [1.29, 1.82) is 0 Å². The molecule has 1 amide bonds. The number of esters is 1. The van der Waals surface area contributed by atoms with E-state index in [4.69, 9.17) is 4.74 Å². The number of carbonyl (C=O) groups is 2. The molecule has 0 atom stereocenters. The lowest BCUT2D eigenvalue weighted by Gasteiger charge is -2.10. The summed E-state index contributed by atoms with van der Waals surface area (Å²) in [5.74, 6) is -1.66. The van der Waals surface area contributed by atoms with Gasteiger partial charge >= 0.3 is 12.1 Å². The molecule has 0 aliphatic heterocycles. The van der Waals surface area contributed by atoms with Gasteiger partial charge in [-0.3, -0.25) is 4.79 Å². The zero-order chi connectivity index (χ0) is 21.1. The zero-order valence-corrected chi connectivity index (χ0v) is 15.6. The third kappa shape index (κ3) is 5.56. The Morgan fingerprint density at radius 1 is 1.07 bits per heavy atom. The Morgan fingerprint density at radius 3 is 2.21 bits per heavy atom. The van der Waals surface area contributed by atoms with Crippen LogP contribution in [0, 0.1) is 6.92 Å². The number of nitrogens with one attached hydrogen (secondary N) is 1. The Labute approximate surface area is 159 Å². The molecule has 0 bridgehead atoms. The lowest BCUT2D eigenvalue weighted by atomic mass is 10.1. The van der Waals surface area contributed by atoms with Gasteiger partial charge in [-0.2, -0.15) is 13.2 Å². The van der Waals surface area contributed by atoms with E-state index in [1.165, 1.54) is 12.1 Å². The SMILES string of the molecule is Cc1ccc(S(C)(=O)=O)cc1C(=O)OCC(=O)Nc1ccc(C(F)(F)F)cc1. The van der Waals surface area contributed by atoms with Crippen LogP contribution in [0.1, 0.15) is 21.5 Å². The first-order chi connectivity index (χ1) is 12.9. The minimum Gasteiger partial charge on any atom is -0.452 e. The van der Waals surface area contributed by atoms with Gasteiger partial charge in [0.2, 0.25) is 0 Å². The van der Waals surface area contributed by atoms with Crippen LogP contribution in [0.2, 0.25) is 0 Å². The predicted molar refractivity (Wildman–Crippen MR) is 94.6 cm³/mol. The van der Waals surface area contributed by atoms with E-state index in [9.17, 15) is 31.2 Å². The van der Waals surface area contributed by atoms with Gasteiger partial charge in [-0.15, -0.1) is 0 Å². The summed E-state index contributed by atoms with van der Waals surface area (Å²) in [4.78, 5) is 23.9. The molecule has 2 aromatic rings. The van der Waals surface area contributed by atoms with E-state index in [0.29, 0.717) is 5.56 Å². The number of benzene rings is 2. The number of aryl methyl sites for hydroxylation is 1. The first kappa shape index (κ1) is 21.4. The van der Waals surface area contributed by atoms with Gasteiger partial charge in [0.15, 0.2) is 16.4 Å². The second-order valence-electron chi connectivity index (χ2n) is 5.95. The summed E-state index contributed by atoms with van der Waals surface area (Å²) >= 11 is 0. The molecule has 2 rings (SSSR count). The number of alkyl halides is 3. The number of sulfone groups is 1. The van der Waals surface area contributed by atoms with Crippen LogP contribution in [0.4, 0.5) is 18.9 Å². The fourth-order valence-corrected chi connectivity index (χ4v) is 2.85. The maximum Gasteiger partial charge on any atom is 0.416 e. The molecular weight excluding hydrogens is 399 g/mol. The quantitative estimate of drug-likeness (QED) is 0.758. The largest absolute Gasteiger partial charge is 0.452 e. The summed E-state index contributed by atoms with van der Waals surface area (Å²) in [6, 6.07) is 7.70. The summed E-state index contributed by atoms with van der Waals surface area (Å²) in [6.45, 7) is 0.882. The molecule has 0 unspecified atom stereocenters. The number of anilines is 1. The molecular formula is C18H16F3NO5S. The Balaban J connectivity index is 2.00. The molecule has 0 spiro atoms. The summed E-state index contributed by atoms with van der Waals surface area (Å²) in [6.07, 6.45) is -3.50. The van der Waals surface area contributed by atoms with Gasteiger partial charge in [0.05, 0.1) is 16.0 Å². The van der Waals surface area contributed by atoms with Crippen molar-refractivity contribution >= 4 is 27.4 Å². The van der Waals surface area contributed by atoms with Crippen LogP contribution in [-0.4, -0.2) is 33.2 Å². The van der Waals surface area contributed by atoms with E-state index in [1.807, 2.05) is 0 Å². The molecule has 28 heavy (non-hydrogen) atoms. The second-order valence-corrected chi connectivity index (χ2v) is 7.96. The van der Waals surface area contributed by atoms with Gasteiger partial charge in [0.1, 0.15) is 0 Å². The van der Waals surface area contributed by atoms with Gasteiger partial charge in [0.25, 0.3) is 5.91 Å². The maximum atomic E-state index is 12.5. The highest BCUT2D eigenvalue weighted by molar-refractivity contribution is 7.90. The second kappa shape index (κ2) is 8.01. The third-order valence-electron chi connectivity index (χ3n) is 3.69. The van der Waals surface area contributed by atoms with E-state index in [0.717, 1.165) is 36.6 Å². The third-order valence-corrected chi connectivity index (χ3v) is 4.80. The number of ether oxygens (including phenoxy) is 1. The predicted octanol–water partition coefficient (Wildman–Crippen LogP) is 3.21. The van der Waals surface area contributed by atoms with Crippen LogP contribution < -0.4 is 5.32 Å². The van der Waals surface area contributed by atoms with Crippen molar-refractivity contribution in [3.05, 3.63) is 59.2 Å². The molecule has 10 heteroatoms. The number of rotatable bonds is 5. The van der Waals surface area contributed by atoms with Gasteiger partial charge in [0, 0.05) is 11.9 Å². The molecule has 1 N–H and O–H groups in total. The van der Waals surface area contributed by atoms with Crippen molar-refractivity contribution in [2.75, 3.05) is 18.2 Å². The van der Waals surface area contributed by atoms with Crippen molar-refractivity contribution in [1.82, 2.24) is 0 Å². The van der Waals surface area contributed by atoms with Crippen molar-refractivity contribution in [2.45, 2.75) is 18.0 Å². The maximum absolute atomic E-state index is 12.5. The molecule has 0 aliphatic rings. The number of carbonyl (C=O) groups excluding carboxylic acids is 2. The minimum atomic E-state index is -4.49. The van der Waals surface area contributed by atoms with Crippen molar-refractivity contribution in [2.24, 2.45) is 0 Å². The lowest BCUT2D eigenvalue weighted by Crippen LogP contribution is -2.21. The van der Waals surface area contributed by atoms with Crippen LogP contribution in [0.3, 0.4) is 0 Å². The average Bonchev–Trinajstić information content (AvgIpc) is 2.58. The molecule has 0 heterocycles. The Hall–Kier alpha value is -2.88. The molecule has 0 saturated carbocycles. The number of amides is 1. The first-order valence-corrected chi connectivity index (χ1v) is 9.72. The molecule has 0 radical (unpaired) electrons. The topological polar surface area (TPSA) is 89.5 Å². The monoisotopic (exact) mass is 415 g/mol. The lowest BCUT2D eigenvalue weighted by molar-refractivity contribution is -0.137. The first-order valence-electron chi connectivity index (χ1n) is 7.83. The van der Waals surface area contributed by atoms with Crippen LogP contribution in [0.15, 0.2) is 47.4 Å². The highest BCUT2D eigenvalue weighted by Crippen LogP contribution is 2.29. The molecule has 0 saturated heterocycles.